The first-order valence-electron chi connectivity index (χ1n) is 4.97. The van der Waals surface area contributed by atoms with Gasteiger partial charge in [0.15, 0.2) is 10.3 Å². The third-order valence-electron chi connectivity index (χ3n) is 2.74. The number of carbonyl (C=O) groups excluding carboxylic acids is 1. The molecule has 1 aliphatic rings. The van der Waals surface area contributed by atoms with Gasteiger partial charge in [0.1, 0.15) is 0 Å². The number of halogens is 2. The summed E-state index contributed by atoms with van der Waals surface area (Å²) in [5.74, 6) is -0.255. The fourth-order valence-corrected chi connectivity index (χ4v) is 1.62. The minimum absolute atomic E-state index is 0.0721. The van der Waals surface area contributed by atoms with Crippen molar-refractivity contribution in [3.8, 4) is 0 Å². The predicted octanol–water partition coefficient (Wildman–Crippen LogP) is 2.31. The van der Waals surface area contributed by atoms with Gasteiger partial charge in [0.05, 0.1) is 5.56 Å². The minimum atomic E-state index is -0.255. The van der Waals surface area contributed by atoms with Crippen LogP contribution in [0.4, 0.5) is 0 Å². The molecule has 1 heterocycles. The van der Waals surface area contributed by atoms with Crippen molar-refractivity contribution >= 4 is 29.1 Å². The third kappa shape index (κ3) is 2.62. The van der Waals surface area contributed by atoms with E-state index in [4.69, 9.17) is 23.2 Å². The SMILES string of the molecule is CC1(CNC(=O)c2cc(Cl)nnc2Cl)CC1. The van der Waals surface area contributed by atoms with E-state index in [0.29, 0.717) is 6.54 Å². The van der Waals surface area contributed by atoms with Crippen LogP contribution in [0.5, 0.6) is 0 Å². The maximum absolute atomic E-state index is 11.8. The Balaban J connectivity index is 2.05. The first-order chi connectivity index (χ1) is 7.50. The zero-order chi connectivity index (χ0) is 11.8. The molecule has 0 unspecified atom stereocenters. The summed E-state index contributed by atoms with van der Waals surface area (Å²) in [6.07, 6.45) is 2.30. The minimum Gasteiger partial charge on any atom is -0.351 e. The predicted molar refractivity (Wildman–Crippen MR) is 61.7 cm³/mol. The lowest BCUT2D eigenvalue weighted by atomic mass is 10.1. The third-order valence-corrected chi connectivity index (χ3v) is 3.21. The van der Waals surface area contributed by atoms with E-state index in [-0.39, 0.29) is 27.2 Å². The first-order valence-corrected chi connectivity index (χ1v) is 5.73. The smallest absolute Gasteiger partial charge is 0.254 e. The number of rotatable bonds is 3. The Morgan fingerprint density at radius 2 is 2.19 bits per heavy atom. The Kier molecular flexibility index (Phi) is 3.04. The lowest BCUT2D eigenvalue weighted by molar-refractivity contribution is 0.0945. The van der Waals surface area contributed by atoms with Crippen LogP contribution in [-0.2, 0) is 0 Å². The maximum atomic E-state index is 11.8. The number of hydrogen-bond donors (Lipinski definition) is 1. The van der Waals surface area contributed by atoms with Crippen LogP contribution >= 0.6 is 23.2 Å². The van der Waals surface area contributed by atoms with Crippen LogP contribution in [0.2, 0.25) is 10.3 Å². The van der Waals surface area contributed by atoms with Crippen LogP contribution in [0, 0.1) is 5.41 Å². The Labute approximate surface area is 103 Å². The van der Waals surface area contributed by atoms with Gasteiger partial charge in [-0.05, 0) is 24.3 Å². The molecule has 0 radical (unpaired) electrons. The quantitative estimate of drug-likeness (QED) is 0.907. The molecule has 16 heavy (non-hydrogen) atoms. The molecule has 0 atom stereocenters. The van der Waals surface area contributed by atoms with Gasteiger partial charge in [-0.3, -0.25) is 4.79 Å². The lowest BCUT2D eigenvalue weighted by Crippen LogP contribution is -2.29. The highest BCUT2D eigenvalue weighted by atomic mass is 35.5. The number of aromatic nitrogens is 2. The normalized spacial score (nSPS) is 16.9. The van der Waals surface area contributed by atoms with Crippen molar-refractivity contribution in [2.45, 2.75) is 19.8 Å². The van der Waals surface area contributed by atoms with Crippen molar-refractivity contribution in [3.05, 3.63) is 21.9 Å². The summed E-state index contributed by atoms with van der Waals surface area (Å²) in [7, 11) is 0. The van der Waals surface area contributed by atoms with Gasteiger partial charge in [0, 0.05) is 6.54 Å². The average molecular weight is 260 g/mol. The van der Waals surface area contributed by atoms with Gasteiger partial charge < -0.3 is 5.32 Å². The Morgan fingerprint density at radius 1 is 1.50 bits per heavy atom. The molecule has 0 aliphatic heterocycles. The molecule has 0 spiro atoms. The molecule has 4 nitrogen and oxygen atoms in total. The summed E-state index contributed by atoms with van der Waals surface area (Å²) in [6, 6.07) is 1.42. The molecular weight excluding hydrogens is 249 g/mol. The summed E-state index contributed by atoms with van der Waals surface area (Å²) in [5.41, 5.74) is 0.526. The second-order valence-electron chi connectivity index (χ2n) is 4.36. The molecule has 1 amide bonds. The molecule has 6 heteroatoms. The van der Waals surface area contributed by atoms with E-state index in [2.05, 4.69) is 22.4 Å². The van der Waals surface area contributed by atoms with E-state index in [9.17, 15) is 4.79 Å². The molecule has 0 saturated heterocycles. The summed E-state index contributed by atoms with van der Waals surface area (Å²) >= 11 is 11.4. The molecule has 1 aliphatic carbocycles. The monoisotopic (exact) mass is 259 g/mol. The zero-order valence-corrected chi connectivity index (χ0v) is 10.3. The van der Waals surface area contributed by atoms with Crippen molar-refractivity contribution in [1.82, 2.24) is 15.5 Å². The summed E-state index contributed by atoms with van der Waals surface area (Å²) in [4.78, 5) is 11.8. The van der Waals surface area contributed by atoms with E-state index in [1.54, 1.807) is 0 Å². The Morgan fingerprint density at radius 3 is 2.81 bits per heavy atom. The van der Waals surface area contributed by atoms with Gasteiger partial charge >= 0.3 is 0 Å². The van der Waals surface area contributed by atoms with E-state index in [0.717, 1.165) is 12.8 Å². The number of carbonyl (C=O) groups is 1. The average Bonchev–Trinajstić information content (AvgIpc) is 2.97. The second kappa shape index (κ2) is 4.18. The highest BCUT2D eigenvalue weighted by Crippen LogP contribution is 2.44. The molecule has 2 rings (SSSR count). The first kappa shape index (κ1) is 11.6. The van der Waals surface area contributed by atoms with Crippen LogP contribution in [-0.4, -0.2) is 22.6 Å². The number of nitrogens with zero attached hydrogens (tertiary/aromatic N) is 2. The Bertz CT molecular complexity index is 432. The summed E-state index contributed by atoms with van der Waals surface area (Å²) in [6.45, 7) is 2.79. The molecule has 1 aromatic rings. The molecule has 0 bridgehead atoms. The largest absolute Gasteiger partial charge is 0.351 e. The van der Waals surface area contributed by atoms with Gasteiger partial charge in [0.25, 0.3) is 5.91 Å². The molecule has 0 aromatic carbocycles. The number of amides is 1. The van der Waals surface area contributed by atoms with Crippen LogP contribution in [0.15, 0.2) is 6.07 Å². The van der Waals surface area contributed by atoms with Gasteiger partial charge in [-0.1, -0.05) is 30.1 Å². The van der Waals surface area contributed by atoms with E-state index in [1.165, 1.54) is 6.07 Å². The molecule has 1 saturated carbocycles. The van der Waals surface area contributed by atoms with E-state index >= 15 is 0 Å². The highest BCUT2D eigenvalue weighted by Gasteiger charge is 2.37. The summed E-state index contributed by atoms with van der Waals surface area (Å²) in [5, 5.41) is 10.2. The van der Waals surface area contributed by atoms with Crippen molar-refractivity contribution < 1.29 is 4.79 Å². The highest BCUT2D eigenvalue weighted by molar-refractivity contribution is 6.34. The maximum Gasteiger partial charge on any atom is 0.254 e. The number of nitrogens with one attached hydrogen (secondary N) is 1. The van der Waals surface area contributed by atoms with Gasteiger partial charge in [-0.15, -0.1) is 10.2 Å². The molecule has 1 aromatic heterocycles. The molecule has 86 valence electrons. The fraction of sp³-hybridized carbons (Fsp3) is 0.500. The molecule has 1 fully saturated rings. The van der Waals surface area contributed by atoms with E-state index in [1.807, 2.05) is 0 Å². The van der Waals surface area contributed by atoms with Gasteiger partial charge in [-0.25, -0.2) is 0 Å². The van der Waals surface area contributed by atoms with Gasteiger partial charge in [0.2, 0.25) is 0 Å². The van der Waals surface area contributed by atoms with Crippen molar-refractivity contribution in [3.63, 3.8) is 0 Å². The van der Waals surface area contributed by atoms with E-state index < -0.39 is 0 Å². The van der Waals surface area contributed by atoms with Crippen LogP contribution in [0.25, 0.3) is 0 Å². The second-order valence-corrected chi connectivity index (χ2v) is 5.11. The Hall–Kier alpha value is -0.870. The van der Waals surface area contributed by atoms with Gasteiger partial charge in [-0.2, -0.15) is 0 Å². The molecule has 1 N–H and O–H groups in total. The fourth-order valence-electron chi connectivity index (χ4n) is 1.29. The van der Waals surface area contributed by atoms with Crippen LogP contribution < -0.4 is 5.32 Å². The van der Waals surface area contributed by atoms with Crippen LogP contribution in [0.1, 0.15) is 30.1 Å². The van der Waals surface area contributed by atoms with Crippen molar-refractivity contribution in [1.29, 1.82) is 0 Å². The van der Waals surface area contributed by atoms with Crippen molar-refractivity contribution in [2.75, 3.05) is 6.54 Å². The van der Waals surface area contributed by atoms with Crippen molar-refractivity contribution in [2.24, 2.45) is 5.41 Å². The number of hydrogen-bond acceptors (Lipinski definition) is 3. The molecular formula is C10H11Cl2N3O. The lowest BCUT2D eigenvalue weighted by Gasteiger charge is -2.10. The van der Waals surface area contributed by atoms with Crippen LogP contribution in [0.3, 0.4) is 0 Å². The standard InChI is InChI=1S/C10H11Cl2N3O/c1-10(2-3-10)5-13-9(16)6-4-7(11)14-15-8(6)12/h4H,2-3,5H2,1H3,(H,13,16). The topological polar surface area (TPSA) is 54.9 Å². The zero-order valence-electron chi connectivity index (χ0n) is 8.76. The summed E-state index contributed by atoms with van der Waals surface area (Å²) < 4.78 is 0.